The van der Waals surface area contributed by atoms with E-state index in [-0.39, 0.29) is 30.3 Å². The van der Waals surface area contributed by atoms with Crippen LogP contribution in [0.2, 0.25) is 0 Å². The second-order valence-electron chi connectivity index (χ2n) is 3.98. The van der Waals surface area contributed by atoms with E-state index in [0.717, 1.165) is 13.0 Å². The highest BCUT2D eigenvalue weighted by Crippen LogP contribution is 2.15. The normalized spacial score (nSPS) is 21.1. The Labute approximate surface area is 94.2 Å². The summed E-state index contributed by atoms with van der Waals surface area (Å²) in [5.41, 5.74) is 0. The van der Waals surface area contributed by atoms with E-state index < -0.39 is 0 Å². The van der Waals surface area contributed by atoms with Crippen molar-refractivity contribution in [3.05, 3.63) is 0 Å². The molecule has 0 aromatic carbocycles. The molecule has 6 heteroatoms. The maximum Gasteiger partial charge on any atom is 0.239 e. The molecule has 0 saturated carbocycles. The van der Waals surface area contributed by atoms with Crippen LogP contribution in [0.3, 0.4) is 0 Å². The monoisotopic (exact) mass is 227 g/mol. The van der Waals surface area contributed by atoms with Gasteiger partial charge >= 0.3 is 0 Å². The van der Waals surface area contributed by atoms with Gasteiger partial charge in [-0.15, -0.1) is 0 Å². The summed E-state index contributed by atoms with van der Waals surface area (Å²) in [6, 6.07) is -0.0604. The number of hydrogen-bond donors (Lipinski definition) is 3. The molecule has 1 aliphatic heterocycles. The first-order chi connectivity index (χ1) is 7.63. The Morgan fingerprint density at radius 3 is 3.00 bits per heavy atom. The van der Waals surface area contributed by atoms with Gasteiger partial charge in [0.05, 0.1) is 6.54 Å². The predicted octanol–water partition coefficient (Wildman–Crippen LogP) is -1.24. The van der Waals surface area contributed by atoms with Crippen LogP contribution in [0, 0.1) is 5.92 Å². The molecule has 0 radical (unpaired) electrons. The predicted molar refractivity (Wildman–Crippen MR) is 57.4 cm³/mol. The first-order valence-electron chi connectivity index (χ1n) is 5.37. The lowest BCUT2D eigenvalue weighted by molar-refractivity contribution is -0.124. The Morgan fingerprint density at radius 2 is 2.44 bits per heavy atom. The van der Waals surface area contributed by atoms with Crippen LogP contribution in [0.15, 0.2) is 0 Å². The summed E-state index contributed by atoms with van der Waals surface area (Å²) in [5.74, 6) is -0.181. The summed E-state index contributed by atoms with van der Waals surface area (Å²) in [6.07, 6.45) is 1.94. The van der Waals surface area contributed by atoms with Crippen LogP contribution >= 0.6 is 0 Å². The zero-order valence-electron chi connectivity index (χ0n) is 9.29. The first kappa shape index (κ1) is 12.5. The third-order valence-corrected chi connectivity index (χ3v) is 2.55. The van der Waals surface area contributed by atoms with Gasteiger partial charge in [-0.25, -0.2) is 0 Å². The van der Waals surface area contributed by atoms with Crippen LogP contribution in [0.1, 0.15) is 19.8 Å². The molecular weight excluding hydrogens is 210 g/mol. The van der Waals surface area contributed by atoms with Crippen LogP contribution in [0.5, 0.6) is 0 Å². The van der Waals surface area contributed by atoms with E-state index in [2.05, 4.69) is 16.0 Å². The topological polar surface area (TPSA) is 87.3 Å². The van der Waals surface area contributed by atoms with Gasteiger partial charge in [0.2, 0.25) is 18.2 Å². The second-order valence-corrected chi connectivity index (χ2v) is 3.98. The SMILES string of the molecule is CC(C[C@@H]1CCNC1=O)NC(=O)CNC=O. The molecule has 0 aromatic rings. The van der Waals surface area contributed by atoms with Crippen molar-refractivity contribution in [1.82, 2.24) is 16.0 Å². The van der Waals surface area contributed by atoms with Gasteiger partial charge in [-0.3, -0.25) is 14.4 Å². The molecule has 0 aromatic heterocycles. The highest BCUT2D eigenvalue weighted by Gasteiger charge is 2.25. The minimum Gasteiger partial charge on any atom is -0.356 e. The smallest absolute Gasteiger partial charge is 0.239 e. The number of carbonyl (C=O) groups is 3. The third kappa shape index (κ3) is 3.88. The van der Waals surface area contributed by atoms with Crippen molar-refractivity contribution >= 4 is 18.2 Å². The summed E-state index contributed by atoms with van der Waals surface area (Å²) >= 11 is 0. The summed E-state index contributed by atoms with van der Waals surface area (Å²) in [7, 11) is 0. The van der Waals surface area contributed by atoms with E-state index >= 15 is 0 Å². The molecule has 1 rings (SSSR count). The third-order valence-electron chi connectivity index (χ3n) is 2.55. The molecule has 1 unspecified atom stereocenters. The summed E-state index contributed by atoms with van der Waals surface area (Å²) in [5, 5.41) is 7.76. The second kappa shape index (κ2) is 6.09. The van der Waals surface area contributed by atoms with Gasteiger partial charge in [0.1, 0.15) is 0 Å². The number of hydrogen-bond acceptors (Lipinski definition) is 3. The average molecular weight is 227 g/mol. The Bertz CT molecular complexity index is 280. The van der Waals surface area contributed by atoms with Gasteiger partial charge in [0.25, 0.3) is 0 Å². The van der Waals surface area contributed by atoms with Crippen molar-refractivity contribution in [2.75, 3.05) is 13.1 Å². The summed E-state index contributed by atoms with van der Waals surface area (Å²) in [6.45, 7) is 2.55. The minimum absolute atomic E-state index is 0.00525. The summed E-state index contributed by atoms with van der Waals surface area (Å²) in [4.78, 5) is 32.5. The molecule has 1 saturated heterocycles. The number of rotatable bonds is 6. The van der Waals surface area contributed by atoms with Crippen molar-refractivity contribution in [2.24, 2.45) is 5.92 Å². The molecule has 1 aliphatic rings. The Morgan fingerprint density at radius 1 is 1.69 bits per heavy atom. The molecule has 0 aliphatic carbocycles. The summed E-state index contributed by atoms with van der Waals surface area (Å²) < 4.78 is 0. The lowest BCUT2D eigenvalue weighted by atomic mass is 9.99. The Hall–Kier alpha value is -1.59. The fourth-order valence-corrected chi connectivity index (χ4v) is 1.82. The van der Waals surface area contributed by atoms with Crippen LogP contribution in [-0.2, 0) is 14.4 Å². The van der Waals surface area contributed by atoms with E-state index in [1.165, 1.54) is 0 Å². The Kier molecular flexibility index (Phi) is 4.75. The van der Waals surface area contributed by atoms with Gasteiger partial charge in [0.15, 0.2) is 0 Å². The van der Waals surface area contributed by atoms with Crippen molar-refractivity contribution in [3.8, 4) is 0 Å². The van der Waals surface area contributed by atoms with Crippen LogP contribution in [-0.4, -0.2) is 37.4 Å². The quantitative estimate of drug-likeness (QED) is 0.496. The molecule has 16 heavy (non-hydrogen) atoms. The maximum absolute atomic E-state index is 11.3. The molecule has 3 N–H and O–H groups in total. The highest BCUT2D eigenvalue weighted by atomic mass is 16.2. The van der Waals surface area contributed by atoms with Crippen molar-refractivity contribution in [2.45, 2.75) is 25.8 Å². The molecular formula is C10H17N3O3. The van der Waals surface area contributed by atoms with Crippen molar-refractivity contribution < 1.29 is 14.4 Å². The lowest BCUT2D eigenvalue weighted by Gasteiger charge is -2.16. The zero-order chi connectivity index (χ0) is 12.0. The first-order valence-corrected chi connectivity index (χ1v) is 5.37. The van der Waals surface area contributed by atoms with Gasteiger partial charge in [-0.2, -0.15) is 0 Å². The van der Waals surface area contributed by atoms with E-state index in [0.29, 0.717) is 12.8 Å². The fourth-order valence-electron chi connectivity index (χ4n) is 1.82. The average Bonchev–Trinajstić information content (AvgIpc) is 2.61. The van der Waals surface area contributed by atoms with Crippen molar-refractivity contribution in [1.29, 1.82) is 0 Å². The van der Waals surface area contributed by atoms with Crippen molar-refractivity contribution in [3.63, 3.8) is 0 Å². The number of carbonyl (C=O) groups excluding carboxylic acids is 3. The van der Waals surface area contributed by atoms with Gasteiger partial charge in [0, 0.05) is 18.5 Å². The van der Waals surface area contributed by atoms with Crippen LogP contribution in [0.25, 0.3) is 0 Å². The molecule has 6 nitrogen and oxygen atoms in total. The molecule has 1 heterocycles. The van der Waals surface area contributed by atoms with Gasteiger partial charge < -0.3 is 16.0 Å². The van der Waals surface area contributed by atoms with E-state index in [1.807, 2.05) is 6.92 Å². The zero-order valence-corrected chi connectivity index (χ0v) is 9.29. The number of nitrogens with one attached hydrogen (secondary N) is 3. The van der Waals surface area contributed by atoms with Gasteiger partial charge in [-0.1, -0.05) is 0 Å². The fraction of sp³-hybridized carbons (Fsp3) is 0.700. The van der Waals surface area contributed by atoms with E-state index in [9.17, 15) is 14.4 Å². The van der Waals surface area contributed by atoms with E-state index in [4.69, 9.17) is 0 Å². The molecule has 1 fully saturated rings. The van der Waals surface area contributed by atoms with Crippen LogP contribution < -0.4 is 16.0 Å². The molecule has 90 valence electrons. The molecule has 2 atom stereocenters. The number of amides is 3. The lowest BCUT2D eigenvalue weighted by Crippen LogP contribution is -2.40. The van der Waals surface area contributed by atoms with Crippen LogP contribution in [0.4, 0.5) is 0 Å². The highest BCUT2D eigenvalue weighted by molar-refractivity contribution is 5.81. The molecule has 3 amide bonds. The standard InChI is InChI=1S/C10H17N3O3/c1-7(13-9(15)5-11-6-14)4-8-2-3-12-10(8)16/h6-8H,2-5H2,1H3,(H,11,14)(H,12,16)(H,13,15)/t7?,8-/m0/s1. The maximum atomic E-state index is 11.3. The Balaban J connectivity index is 2.24. The van der Waals surface area contributed by atoms with Gasteiger partial charge in [-0.05, 0) is 19.8 Å². The largest absolute Gasteiger partial charge is 0.356 e. The minimum atomic E-state index is -0.238. The molecule has 0 bridgehead atoms. The van der Waals surface area contributed by atoms with E-state index in [1.54, 1.807) is 0 Å². The molecule has 0 spiro atoms.